The van der Waals surface area contributed by atoms with E-state index in [4.69, 9.17) is 4.74 Å². The number of benzene rings is 2. The van der Waals surface area contributed by atoms with Crippen LogP contribution in [0.2, 0.25) is 0 Å². The number of nitrogens with one attached hydrogen (secondary N) is 1. The third kappa shape index (κ3) is 4.23. The molecule has 2 aromatic rings. The predicted molar refractivity (Wildman–Crippen MR) is 81.7 cm³/mol. The van der Waals surface area contributed by atoms with Gasteiger partial charge in [-0.05, 0) is 31.2 Å². The molecule has 0 saturated heterocycles. The van der Waals surface area contributed by atoms with Gasteiger partial charge in [0.1, 0.15) is 12.1 Å². The van der Waals surface area contributed by atoms with E-state index in [2.05, 4.69) is 5.32 Å². The number of para-hydroxylation sites is 1. The van der Waals surface area contributed by atoms with Crippen molar-refractivity contribution in [2.75, 3.05) is 5.32 Å². The second kappa shape index (κ2) is 7.31. The maximum atomic E-state index is 13.5. The molecule has 2 rings (SSSR count). The summed E-state index contributed by atoms with van der Waals surface area (Å²) in [5.41, 5.74) is 0.642. The van der Waals surface area contributed by atoms with E-state index in [0.717, 1.165) is 0 Å². The Hall–Kier alpha value is -3.02. The van der Waals surface area contributed by atoms with Crippen molar-refractivity contribution in [3.63, 3.8) is 0 Å². The summed E-state index contributed by atoms with van der Waals surface area (Å²) in [4.78, 5) is 34.4. The number of amides is 1. The van der Waals surface area contributed by atoms with E-state index in [0.29, 0.717) is 11.8 Å². The highest BCUT2D eigenvalue weighted by Gasteiger charge is 2.19. The minimum atomic E-state index is -1.10. The summed E-state index contributed by atoms with van der Waals surface area (Å²) in [6, 6.07) is 11.5. The monoisotopic (exact) mass is 315 g/mol. The molecule has 5 nitrogen and oxygen atoms in total. The number of anilines is 1. The quantitative estimate of drug-likeness (QED) is 0.680. The Bertz CT molecular complexity index is 728. The van der Waals surface area contributed by atoms with E-state index in [1.807, 2.05) is 0 Å². The van der Waals surface area contributed by atoms with Crippen LogP contribution in [0.15, 0.2) is 48.5 Å². The maximum absolute atomic E-state index is 13.5. The molecule has 0 unspecified atom stereocenters. The number of hydrogen-bond donors (Lipinski definition) is 1. The molecule has 0 aliphatic heterocycles. The van der Waals surface area contributed by atoms with Crippen LogP contribution in [-0.2, 0) is 9.53 Å². The molecule has 118 valence electrons. The number of aldehydes is 1. The number of rotatable bonds is 5. The molecular weight excluding hydrogens is 301 g/mol. The fraction of sp³-hybridized carbons (Fsp3) is 0.118. The van der Waals surface area contributed by atoms with Crippen LogP contribution in [0.1, 0.15) is 27.6 Å². The highest BCUT2D eigenvalue weighted by molar-refractivity contribution is 5.97. The van der Waals surface area contributed by atoms with Crippen LogP contribution in [-0.4, -0.2) is 24.3 Å². The molecule has 0 aliphatic carbocycles. The second-order valence-corrected chi connectivity index (χ2v) is 4.76. The van der Waals surface area contributed by atoms with E-state index in [-0.39, 0.29) is 11.3 Å². The Morgan fingerprint density at radius 2 is 1.78 bits per heavy atom. The topological polar surface area (TPSA) is 72.5 Å². The molecule has 0 bridgehead atoms. The molecule has 23 heavy (non-hydrogen) atoms. The van der Waals surface area contributed by atoms with Gasteiger partial charge < -0.3 is 10.1 Å². The van der Waals surface area contributed by atoms with Gasteiger partial charge in [0, 0.05) is 5.56 Å². The van der Waals surface area contributed by atoms with E-state index >= 15 is 0 Å². The van der Waals surface area contributed by atoms with E-state index in [1.165, 1.54) is 49.4 Å². The molecule has 0 spiro atoms. The zero-order valence-electron chi connectivity index (χ0n) is 12.3. The number of hydrogen-bond acceptors (Lipinski definition) is 4. The minimum absolute atomic E-state index is 0.00994. The normalized spacial score (nSPS) is 11.4. The van der Waals surface area contributed by atoms with Gasteiger partial charge in [-0.2, -0.15) is 0 Å². The number of esters is 1. The zero-order chi connectivity index (χ0) is 16.8. The van der Waals surface area contributed by atoms with Gasteiger partial charge in [-0.15, -0.1) is 0 Å². The highest BCUT2D eigenvalue weighted by Crippen LogP contribution is 2.13. The lowest BCUT2D eigenvalue weighted by Gasteiger charge is -2.14. The van der Waals surface area contributed by atoms with Gasteiger partial charge in [-0.1, -0.05) is 24.3 Å². The smallest absolute Gasteiger partial charge is 0.338 e. The summed E-state index contributed by atoms with van der Waals surface area (Å²) in [7, 11) is 0. The van der Waals surface area contributed by atoms with Crippen molar-refractivity contribution >= 4 is 23.9 Å². The number of carbonyl (C=O) groups excluding carboxylic acids is 3. The number of halogens is 1. The molecule has 1 N–H and O–H groups in total. The van der Waals surface area contributed by atoms with Gasteiger partial charge in [0.05, 0.1) is 11.3 Å². The molecule has 1 amide bonds. The molecule has 0 radical (unpaired) electrons. The Labute approximate surface area is 132 Å². The van der Waals surface area contributed by atoms with Crippen molar-refractivity contribution in [3.05, 3.63) is 65.5 Å². The average Bonchev–Trinajstić information content (AvgIpc) is 2.56. The number of carbonyl (C=O) groups is 3. The first-order valence-electron chi connectivity index (χ1n) is 6.83. The van der Waals surface area contributed by atoms with Gasteiger partial charge in [0.15, 0.2) is 6.10 Å². The van der Waals surface area contributed by atoms with Gasteiger partial charge in [-0.3, -0.25) is 9.59 Å². The molecule has 2 aromatic carbocycles. The van der Waals surface area contributed by atoms with Crippen molar-refractivity contribution in [1.82, 2.24) is 0 Å². The van der Waals surface area contributed by atoms with Gasteiger partial charge in [-0.25, -0.2) is 9.18 Å². The third-order valence-corrected chi connectivity index (χ3v) is 3.07. The summed E-state index contributed by atoms with van der Waals surface area (Å²) < 4.78 is 18.5. The molecule has 0 heterocycles. The lowest BCUT2D eigenvalue weighted by atomic mass is 10.1. The molecule has 0 aliphatic rings. The Morgan fingerprint density at radius 1 is 1.13 bits per heavy atom. The molecular formula is C17H14FNO4. The molecule has 6 heteroatoms. The first kappa shape index (κ1) is 16.4. The van der Waals surface area contributed by atoms with Gasteiger partial charge >= 0.3 is 5.97 Å². The van der Waals surface area contributed by atoms with Crippen LogP contribution < -0.4 is 5.32 Å². The largest absolute Gasteiger partial charge is 0.449 e. The molecule has 0 fully saturated rings. The van der Waals surface area contributed by atoms with Crippen molar-refractivity contribution in [2.45, 2.75) is 13.0 Å². The zero-order valence-corrected chi connectivity index (χ0v) is 12.3. The van der Waals surface area contributed by atoms with Gasteiger partial charge in [0.2, 0.25) is 0 Å². The predicted octanol–water partition coefficient (Wildman–Crippen LogP) is 2.82. The molecule has 1 atom stereocenters. The van der Waals surface area contributed by atoms with E-state index < -0.39 is 23.8 Å². The summed E-state index contributed by atoms with van der Waals surface area (Å²) in [5, 5.41) is 2.35. The van der Waals surface area contributed by atoms with Crippen molar-refractivity contribution in [2.24, 2.45) is 0 Å². The number of ether oxygens (including phenoxy) is 1. The Kier molecular flexibility index (Phi) is 5.19. The first-order valence-corrected chi connectivity index (χ1v) is 6.83. The highest BCUT2D eigenvalue weighted by atomic mass is 19.1. The molecule has 0 aromatic heterocycles. The van der Waals surface area contributed by atoms with Crippen LogP contribution in [0.4, 0.5) is 10.1 Å². The standard InChI is InChI=1S/C17H14FNO4/c1-11(16(21)19-15-5-3-2-4-14(15)18)23-17(22)13-8-6-12(10-20)7-9-13/h2-11H,1H3,(H,19,21)/t11-/m0/s1. The van der Waals surface area contributed by atoms with Crippen molar-refractivity contribution in [3.8, 4) is 0 Å². The van der Waals surface area contributed by atoms with Crippen LogP contribution in [0.5, 0.6) is 0 Å². The second-order valence-electron chi connectivity index (χ2n) is 4.76. The van der Waals surface area contributed by atoms with Crippen LogP contribution in [0, 0.1) is 5.82 Å². The van der Waals surface area contributed by atoms with Crippen molar-refractivity contribution < 1.29 is 23.5 Å². The first-order chi connectivity index (χ1) is 11.0. The molecule has 0 saturated carbocycles. The lowest BCUT2D eigenvalue weighted by Crippen LogP contribution is -2.30. The van der Waals surface area contributed by atoms with E-state index in [9.17, 15) is 18.8 Å². The van der Waals surface area contributed by atoms with Crippen molar-refractivity contribution in [1.29, 1.82) is 0 Å². The summed E-state index contributed by atoms with van der Waals surface area (Å²) in [6.07, 6.45) is -0.451. The Balaban J connectivity index is 1.98. The summed E-state index contributed by atoms with van der Waals surface area (Å²) in [6.45, 7) is 1.38. The van der Waals surface area contributed by atoms with Crippen LogP contribution in [0.25, 0.3) is 0 Å². The summed E-state index contributed by atoms with van der Waals surface area (Å²) in [5.74, 6) is -1.93. The van der Waals surface area contributed by atoms with Crippen LogP contribution in [0.3, 0.4) is 0 Å². The third-order valence-electron chi connectivity index (χ3n) is 3.07. The SMILES string of the molecule is C[C@H](OC(=O)c1ccc(C=O)cc1)C(=O)Nc1ccccc1F. The maximum Gasteiger partial charge on any atom is 0.338 e. The van der Waals surface area contributed by atoms with Crippen LogP contribution >= 0.6 is 0 Å². The lowest BCUT2D eigenvalue weighted by molar-refractivity contribution is -0.123. The van der Waals surface area contributed by atoms with Gasteiger partial charge in [0.25, 0.3) is 5.91 Å². The van der Waals surface area contributed by atoms with E-state index in [1.54, 1.807) is 6.07 Å². The Morgan fingerprint density at radius 3 is 2.39 bits per heavy atom. The fourth-order valence-electron chi connectivity index (χ4n) is 1.78. The minimum Gasteiger partial charge on any atom is -0.449 e. The average molecular weight is 315 g/mol. The summed E-state index contributed by atoms with van der Waals surface area (Å²) >= 11 is 0. The fourth-order valence-corrected chi connectivity index (χ4v) is 1.78.